The molecule has 3 aromatic rings. The predicted molar refractivity (Wildman–Crippen MR) is 148 cm³/mol. The van der Waals surface area contributed by atoms with E-state index in [0.29, 0.717) is 41.3 Å². The third-order valence-corrected chi connectivity index (χ3v) is 6.09. The number of phenols is 1. The molecule has 0 atom stereocenters. The van der Waals surface area contributed by atoms with Crippen molar-refractivity contribution in [1.29, 1.82) is 0 Å². The van der Waals surface area contributed by atoms with E-state index >= 15 is 0 Å². The number of nitrogens with zero attached hydrogens (tertiary/aromatic N) is 3. The Morgan fingerprint density at radius 3 is 2.18 bits per heavy atom. The van der Waals surface area contributed by atoms with Crippen molar-refractivity contribution in [2.24, 2.45) is 10.8 Å². The number of benzene rings is 2. The third-order valence-electron chi connectivity index (χ3n) is 6.09. The molecule has 8 heteroatoms. The summed E-state index contributed by atoms with van der Waals surface area (Å²) >= 11 is 0. The van der Waals surface area contributed by atoms with Gasteiger partial charge in [-0.1, -0.05) is 57.1 Å². The van der Waals surface area contributed by atoms with Gasteiger partial charge in [0.05, 0.1) is 11.5 Å². The lowest BCUT2D eigenvalue weighted by atomic mass is 9.80. The van der Waals surface area contributed by atoms with Crippen LogP contribution in [-0.4, -0.2) is 50.4 Å². The molecule has 0 radical (unpaired) electrons. The number of piperidine rings is 1. The molecule has 0 amide bonds. The van der Waals surface area contributed by atoms with E-state index < -0.39 is 11.4 Å². The van der Waals surface area contributed by atoms with E-state index in [1.807, 2.05) is 45.0 Å². The molecule has 2 heterocycles. The molecule has 1 aliphatic rings. The van der Waals surface area contributed by atoms with E-state index in [2.05, 4.69) is 42.7 Å². The van der Waals surface area contributed by atoms with Gasteiger partial charge in [-0.05, 0) is 75.9 Å². The van der Waals surface area contributed by atoms with Gasteiger partial charge in [0.15, 0.2) is 11.5 Å². The smallest absolute Gasteiger partial charge is 0.309 e. The minimum Gasteiger partial charge on any atom is -0.504 e. The highest BCUT2D eigenvalue weighted by Gasteiger charge is 2.36. The van der Waals surface area contributed by atoms with Crippen LogP contribution in [0.1, 0.15) is 66.9 Å². The Hall–Kier alpha value is -3.39. The molecule has 0 saturated carbocycles. The van der Waals surface area contributed by atoms with Crippen molar-refractivity contribution in [1.82, 2.24) is 15.0 Å². The van der Waals surface area contributed by atoms with Gasteiger partial charge in [-0.25, -0.2) is 0 Å². The summed E-state index contributed by atoms with van der Waals surface area (Å²) < 4.78 is 11.0. The Kier molecular flexibility index (Phi) is 9.20. The number of hydrogen-bond donors (Lipinski definition) is 2. The first-order valence-corrected chi connectivity index (χ1v) is 13.1. The predicted octanol–water partition coefficient (Wildman–Crippen LogP) is 6.64. The number of aliphatic carboxylic acids is 1. The number of likely N-dealkylation sites (tertiary alicyclic amines) is 1. The second-order valence-electron chi connectivity index (χ2n) is 12.1. The molecule has 206 valence electrons. The second kappa shape index (κ2) is 12.0. The van der Waals surface area contributed by atoms with Gasteiger partial charge in [-0.3, -0.25) is 9.69 Å². The summed E-state index contributed by atoms with van der Waals surface area (Å²) in [7, 11) is 0. The fourth-order valence-corrected chi connectivity index (χ4v) is 3.90. The molecular weight excluding hydrogens is 482 g/mol. The van der Waals surface area contributed by atoms with Crippen LogP contribution >= 0.6 is 0 Å². The molecule has 1 aliphatic heterocycles. The van der Waals surface area contributed by atoms with E-state index in [-0.39, 0.29) is 11.9 Å². The molecule has 1 fully saturated rings. The van der Waals surface area contributed by atoms with E-state index in [0.717, 1.165) is 30.8 Å². The van der Waals surface area contributed by atoms with Gasteiger partial charge in [0.2, 0.25) is 5.82 Å². The first-order chi connectivity index (χ1) is 17.7. The van der Waals surface area contributed by atoms with Gasteiger partial charge in [-0.2, -0.15) is 4.98 Å². The minimum atomic E-state index is -0.707. The maximum Gasteiger partial charge on any atom is 0.309 e. The highest BCUT2D eigenvalue weighted by molar-refractivity contribution is 5.74. The van der Waals surface area contributed by atoms with Crippen molar-refractivity contribution >= 4 is 5.97 Å². The Balaban J connectivity index is 0.000000732. The zero-order chi connectivity index (χ0) is 28.1. The average molecular weight is 524 g/mol. The summed E-state index contributed by atoms with van der Waals surface area (Å²) in [5.74, 6) is 0.502. The summed E-state index contributed by atoms with van der Waals surface area (Å²) in [5.41, 5.74) is 2.47. The van der Waals surface area contributed by atoms with Crippen LogP contribution in [0.2, 0.25) is 0 Å². The van der Waals surface area contributed by atoms with E-state index in [9.17, 15) is 15.0 Å². The molecule has 2 aromatic carbocycles. The molecular formula is C30H41N3O5. The highest BCUT2D eigenvalue weighted by atomic mass is 16.5. The molecule has 8 nitrogen and oxygen atoms in total. The zero-order valence-corrected chi connectivity index (χ0v) is 23.6. The number of aromatic hydroxyl groups is 1. The normalized spacial score (nSPS) is 15.6. The monoisotopic (exact) mass is 523 g/mol. The summed E-state index contributed by atoms with van der Waals surface area (Å²) in [4.78, 5) is 18.2. The highest BCUT2D eigenvalue weighted by Crippen LogP contribution is 2.33. The lowest BCUT2D eigenvalue weighted by Gasteiger charge is -2.36. The molecule has 0 spiro atoms. The quantitative estimate of drug-likeness (QED) is 0.355. The van der Waals surface area contributed by atoms with Crippen LogP contribution < -0.4 is 4.74 Å². The van der Waals surface area contributed by atoms with Crippen molar-refractivity contribution in [3.63, 3.8) is 0 Å². The van der Waals surface area contributed by atoms with E-state index in [1.54, 1.807) is 18.2 Å². The van der Waals surface area contributed by atoms with Gasteiger partial charge in [0.25, 0.3) is 5.89 Å². The Morgan fingerprint density at radius 1 is 1.08 bits per heavy atom. The second-order valence-corrected chi connectivity index (χ2v) is 12.1. The van der Waals surface area contributed by atoms with Crippen LogP contribution in [0.5, 0.6) is 11.5 Å². The Morgan fingerprint density at radius 2 is 1.66 bits per heavy atom. The van der Waals surface area contributed by atoms with Gasteiger partial charge in [0.1, 0.15) is 0 Å². The van der Waals surface area contributed by atoms with Crippen LogP contribution in [0.4, 0.5) is 0 Å². The number of hydrogen-bond acceptors (Lipinski definition) is 7. The Labute approximate surface area is 225 Å². The van der Waals surface area contributed by atoms with Crippen LogP contribution in [0.25, 0.3) is 22.8 Å². The number of rotatable bonds is 7. The summed E-state index contributed by atoms with van der Waals surface area (Å²) in [6, 6.07) is 13.0. The fraction of sp³-hybridized carbons (Fsp3) is 0.500. The maximum absolute atomic E-state index is 11.4. The van der Waals surface area contributed by atoms with Gasteiger partial charge in [-0.15, -0.1) is 0 Å². The van der Waals surface area contributed by atoms with Crippen molar-refractivity contribution in [3.05, 3.63) is 48.0 Å². The standard InChI is InChI=1S/C25H29N3O5.C5H12/c1-16(2)32-21-9-8-19(14-20(21)29)23-26-22(27-33-23)18-6-4-17(5-7-18)15-28-12-10-25(3,11-13-28)24(30)31;1-5(2,3)4/h4-9,14,16,29H,10-13,15H2,1-3H3,(H,30,31);1-4H3. The molecule has 0 aliphatic carbocycles. The summed E-state index contributed by atoms with van der Waals surface area (Å²) in [5, 5.41) is 23.7. The number of ether oxygens (including phenoxy) is 1. The first-order valence-electron chi connectivity index (χ1n) is 13.1. The number of carboxylic acid groups (broad SMARTS) is 1. The minimum absolute atomic E-state index is 0.0201. The number of phenolic OH excluding ortho intramolecular Hbond substituents is 1. The third kappa shape index (κ3) is 8.31. The Bertz CT molecular complexity index is 1200. The number of aromatic nitrogens is 2. The van der Waals surface area contributed by atoms with E-state index in [1.165, 1.54) is 0 Å². The van der Waals surface area contributed by atoms with Crippen molar-refractivity contribution in [2.45, 2.75) is 74.0 Å². The molecule has 1 aromatic heterocycles. The lowest BCUT2D eigenvalue weighted by Crippen LogP contribution is -2.42. The molecule has 1 saturated heterocycles. The SMILES string of the molecule is CC(C)(C)C.CC(C)Oc1ccc(-c2nc(-c3ccc(CN4CCC(C)(C(=O)O)CC4)cc3)no2)cc1O. The fourth-order valence-electron chi connectivity index (χ4n) is 3.90. The molecule has 0 unspecified atom stereocenters. The topological polar surface area (TPSA) is 109 Å². The lowest BCUT2D eigenvalue weighted by molar-refractivity contribution is -0.150. The van der Waals surface area contributed by atoms with Crippen LogP contribution in [-0.2, 0) is 11.3 Å². The van der Waals surface area contributed by atoms with Gasteiger partial charge in [0, 0.05) is 17.7 Å². The number of carboxylic acids is 1. The van der Waals surface area contributed by atoms with Gasteiger partial charge >= 0.3 is 5.97 Å². The van der Waals surface area contributed by atoms with Crippen molar-refractivity contribution < 1.29 is 24.3 Å². The average Bonchev–Trinajstić information content (AvgIpc) is 3.31. The summed E-state index contributed by atoms with van der Waals surface area (Å²) in [6.45, 7) is 16.7. The summed E-state index contributed by atoms with van der Waals surface area (Å²) in [6.07, 6.45) is 1.28. The van der Waals surface area contributed by atoms with Gasteiger partial charge < -0.3 is 19.5 Å². The molecule has 0 bridgehead atoms. The van der Waals surface area contributed by atoms with Crippen molar-refractivity contribution in [2.75, 3.05) is 13.1 Å². The van der Waals surface area contributed by atoms with Crippen LogP contribution in [0.15, 0.2) is 47.0 Å². The maximum atomic E-state index is 11.4. The number of carbonyl (C=O) groups is 1. The largest absolute Gasteiger partial charge is 0.504 e. The molecule has 38 heavy (non-hydrogen) atoms. The molecule has 4 rings (SSSR count). The van der Waals surface area contributed by atoms with Crippen molar-refractivity contribution in [3.8, 4) is 34.3 Å². The first kappa shape index (κ1) is 29.2. The zero-order valence-electron chi connectivity index (χ0n) is 23.6. The molecule has 2 N–H and O–H groups in total. The van der Waals surface area contributed by atoms with Crippen LogP contribution in [0, 0.1) is 10.8 Å². The van der Waals surface area contributed by atoms with E-state index in [4.69, 9.17) is 9.26 Å². The van der Waals surface area contributed by atoms with Crippen LogP contribution in [0.3, 0.4) is 0 Å².